The van der Waals surface area contributed by atoms with Crippen molar-refractivity contribution in [1.29, 1.82) is 0 Å². The second-order valence-corrected chi connectivity index (χ2v) is 4.86. The minimum absolute atomic E-state index is 0.194. The van der Waals surface area contributed by atoms with Crippen LogP contribution in [0.4, 0.5) is 0 Å². The van der Waals surface area contributed by atoms with Crippen molar-refractivity contribution in [3.8, 4) is 5.75 Å². The molecular formula is C16H15NO2. The highest BCUT2D eigenvalue weighted by Gasteiger charge is 2.27. The Morgan fingerprint density at radius 2 is 1.74 bits per heavy atom. The van der Waals surface area contributed by atoms with Crippen molar-refractivity contribution in [3.63, 3.8) is 0 Å². The first-order valence-corrected chi connectivity index (χ1v) is 6.17. The lowest BCUT2D eigenvalue weighted by Crippen LogP contribution is -2.22. The van der Waals surface area contributed by atoms with Gasteiger partial charge in [0, 0.05) is 17.1 Å². The van der Waals surface area contributed by atoms with Gasteiger partial charge in [0.05, 0.1) is 0 Å². The number of H-pyrrole nitrogens is 1. The normalized spacial score (nSPS) is 14.4. The average Bonchev–Trinajstić information content (AvgIpc) is 2.87. The first-order chi connectivity index (χ1) is 9.09. The topological polar surface area (TPSA) is 56.2 Å². The molecule has 3 aromatic rings. The van der Waals surface area contributed by atoms with Crippen molar-refractivity contribution < 1.29 is 10.2 Å². The van der Waals surface area contributed by atoms with E-state index >= 15 is 0 Å². The van der Waals surface area contributed by atoms with Gasteiger partial charge in [0.25, 0.3) is 0 Å². The number of fused-ring (bicyclic) bond motifs is 1. The zero-order chi connectivity index (χ0) is 13.5. The first kappa shape index (κ1) is 11.8. The molecule has 1 aromatic heterocycles. The summed E-state index contributed by atoms with van der Waals surface area (Å²) in [6, 6.07) is 14.4. The molecule has 0 fully saturated rings. The Kier molecular flexibility index (Phi) is 2.57. The van der Waals surface area contributed by atoms with E-state index in [0.717, 1.165) is 22.0 Å². The van der Waals surface area contributed by atoms with Gasteiger partial charge >= 0.3 is 0 Å². The quantitative estimate of drug-likeness (QED) is 0.657. The molecule has 3 nitrogen and oxygen atoms in total. The first-order valence-electron chi connectivity index (χ1n) is 6.17. The minimum atomic E-state index is -1.10. The largest absolute Gasteiger partial charge is 0.508 e. The number of nitrogens with one attached hydrogen (secondary N) is 1. The molecule has 0 saturated carbocycles. The molecule has 1 heterocycles. The van der Waals surface area contributed by atoms with Crippen LogP contribution >= 0.6 is 0 Å². The monoisotopic (exact) mass is 253 g/mol. The smallest absolute Gasteiger partial charge is 0.115 e. The van der Waals surface area contributed by atoms with Gasteiger partial charge in [-0.15, -0.1) is 0 Å². The second kappa shape index (κ2) is 4.14. The fourth-order valence-corrected chi connectivity index (χ4v) is 2.45. The van der Waals surface area contributed by atoms with Gasteiger partial charge in [0.1, 0.15) is 11.4 Å². The van der Waals surface area contributed by atoms with Gasteiger partial charge < -0.3 is 15.2 Å². The van der Waals surface area contributed by atoms with Crippen molar-refractivity contribution in [2.45, 2.75) is 12.5 Å². The standard InChI is InChI=1S/C16H15NO2/c1-16(19,11-5-7-12(18)8-6-11)14-3-2-4-15-13(14)9-10-17-15/h2-10,17-19H,1H3. The van der Waals surface area contributed by atoms with Gasteiger partial charge in [0.15, 0.2) is 0 Å². The second-order valence-electron chi connectivity index (χ2n) is 4.86. The zero-order valence-electron chi connectivity index (χ0n) is 10.6. The van der Waals surface area contributed by atoms with Crippen LogP contribution in [0.5, 0.6) is 5.75 Å². The van der Waals surface area contributed by atoms with E-state index in [9.17, 15) is 10.2 Å². The SMILES string of the molecule is CC(O)(c1ccc(O)cc1)c1cccc2[nH]ccc12. The van der Waals surface area contributed by atoms with Gasteiger partial charge in [-0.05, 0) is 42.3 Å². The average molecular weight is 253 g/mol. The molecule has 0 radical (unpaired) electrons. The molecule has 0 amide bonds. The number of rotatable bonds is 2. The van der Waals surface area contributed by atoms with Gasteiger partial charge in [-0.3, -0.25) is 0 Å². The number of hydrogen-bond acceptors (Lipinski definition) is 2. The van der Waals surface area contributed by atoms with E-state index < -0.39 is 5.60 Å². The summed E-state index contributed by atoms with van der Waals surface area (Å²) in [4.78, 5) is 3.14. The Morgan fingerprint density at radius 3 is 2.47 bits per heavy atom. The molecule has 96 valence electrons. The Balaban J connectivity index is 2.18. The van der Waals surface area contributed by atoms with Crippen LogP contribution < -0.4 is 0 Å². The van der Waals surface area contributed by atoms with E-state index in [1.165, 1.54) is 0 Å². The van der Waals surface area contributed by atoms with E-state index in [1.54, 1.807) is 31.2 Å². The predicted octanol–water partition coefficient (Wildman–Crippen LogP) is 3.13. The van der Waals surface area contributed by atoms with Gasteiger partial charge in [-0.2, -0.15) is 0 Å². The summed E-state index contributed by atoms with van der Waals surface area (Å²) >= 11 is 0. The summed E-state index contributed by atoms with van der Waals surface area (Å²) in [7, 11) is 0. The maximum atomic E-state index is 10.9. The Bertz CT molecular complexity index is 711. The number of aromatic hydroxyl groups is 1. The number of phenolic OH excluding ortho intramolecular Hbond substituents is 1. The third-order valence-electron chi connectivity index (χ3n) is 3.55. The van der Waals surface area contributed by atoms with E-state index in [2.05, 4.69) is 4.98 Å². The molecule has 3 heteroatoms. The molecule has 19 heavy (non-hydrogen) atoms. The highest BCUT2D eigenvalue weighted by Crippen LogP contribution is 2.34. The lowest BCUT2D eigenvalue weighted by Gasteiger charge is -2.25. The van der Waals surface area contributed by atoms with Crippen LogP contribution in [0.3, 0.4) is 0 Å². The molecule has 0 aliphatic carbocycles. The van der Waals surface area contributed by atoms with Crippen LogP contribution in [-0.2, 0) is 5.60 Å². The summed E-state index contributed by atoms with van der Waals surface area (Å²) in [5.74, 6) is 0.194. The van der Waals surface area contributed by atoms with Crippen LogP contribution in [0.2, 0.25) is 0 Å². The van der Waals surface area contributed by atoms with Gasteiger partial charge in [-0.25, -0.2) is 0 Å². The molecule has 3 N–H and O–H groups in total. The highest BCUT2D eigenvalue weighted by molar-refractivity contribution is 5.84. The van der Waals surface area contributed by atoms with Crippen LogP contribution in [0.1, 0.15) is 18.1 Å². The molecule has 1 atom stereocenters. The van der Waals surface area contributed by atoms with Crippen LogP contribution in [-0.4, -0.2) is 15.2 Å². The number of aromatic nitrogens is 1. The highest BCUT2D eigenvalue weighted by atomic mass is 16.3. The summed E-state index contributed by atoms with van der Waals surface area (Å²) in [5.41, 5.74) is 1.49. The third-order valence-corrected chi connectivity index (χ3v) is 3.55. The van der Waals surface area contributed by atoms with Crippen LogP contribution in [0, 0.1) is 0 Å². The Hall–Kier alpha value is -2.26. The fraction of sp³-hybridized carbons (Fsp3) is 0.125. The Labute approximate surface area is 111 Å². The minimum Gasteiger partial charge on any atom is -0.508 e. The molecule has 0 bridgehead atoms. The van der Waals surface area contributed by atoms with E-state index in [-0.39, 0.29) is 5.75 Å². The molecule has 0 aliphatic heterocycles. The zero-order valence-corrected chi connectivity index (χ0v) is 10.6. The lowest BCUT2D eigenvalue weighted by atomic mass is 9.86. The summed E-state index contributed by atoms with van der Waals surface area (Å²) in [6.45, 7) is 1.77. The predicted molar refractivity (Wildman–Crippen MR) is 75.1 cm³/mol. The van der Waals surface area contributed by atoms with E-state index in [4.69, 9.17) is 0 Å². The number of aliphatic hydroxyl groups is 1. The molecule has 0 aliphatic rings. The molecule has 3 rings (SSSR count). The number of benzene rings is 2. The maximum Gasteiger partial charge on any atom is 0.115 e. The lowest BCUT2D eigenvalue weighted by molar-refractivity contribution is 0.104. The van der Waals surface area contributed by atoms with Crippen molar-refractivity contribution in [1.82, 2.24) is 4.98 Å². The van der Waals surface area contributed by atoms with E-state index in [1.807, 2.05) is 30.5 Å². The van der Waals surface area contributed by atoms with Crippen molar-refractivity contribution >= 4 is 10.9 Å². The summed E-state index contributed by atoms with van der Waals surface area (Å²) in [6.07, 6.45) is 1.86. The molecule has 0 saturated heterocycles. The number of hydrogen-bond donors (Lipinski definition) is 3. The number of phenols is 1. The summed E-state index contributed by atoms with van der Waals surface area (Å²) in [5, 5.41) is 21.2. The fourth-order valence-electron chi connectivity index (χ4n) is 2.45. The molecule has 1 unspecified atom stereocenters. The molecule has 0 spiro atoms. The van der Waals surface area contributed by atoms with Gasteiger partial charge in [-0.1, -0.05) is 24.3 Å². The molecular weight excluding hydrogens is 238 g/mol. The summed E-state index contributed by atoms with van der Waals surface area (Å²) < 4.78 is 0. The van der Waals surface area contributed by atoms with Crippen molar-refractivity contribution in [3.05, 3.63) is 65.9 Å². The maximum absolute atomic E-state index is 10.9. The third kappa shape index (κ3) is 1.88. The Morgan fingerprint density at radius 1 is 1.00 bits per heavy atom. The van der Waals surface area contributed by atoms with Crippen molar-refractivity contribution in [2.75, 3.05) is 0 Å². The van der Waals surface area contributed by atoms with Crippen LogP contribution in [0.25, 0.3) is 10.9 Å². The van der Waals surface area contributed by atoms with E-state index in [0.29, 0.717) is 0 Å². The van der Waals surface area contributed by atoms with Crippen molar-refractivity contribution in [2.24, 2.45) is 0 Å². The van der Waals surface area contributed by atoms with Gasteiger partial charge in [0.2, 0.25) is 0 Å². The van der Waals surface area contributed by atoms with Crippen LogP contribution in [0.15, 0.2) is 54.7 Å². The molecule has 2 aromatic carbocycles. The number of aromatic amines is 1.